The second-order valence-electron chi connectivity index (χ2n) is 4.48. The molecule has 102 valence electrons. The Morgan fingerprint density at radius 2 is 2.00 bits per heavy atom. The fourth-order valence-electron chi connectivity index (χ4n) is 2.08. The molecular formula is C15H10ClFO3. The Morgan fingerprint density at radius 3 is 2.75 bits per heavy atom. The van der Waals surface area contributed by atoms with Crippen LogP contribution in [0, 0.1) is 5.82 Å². The van der Waals surface area contributed by atoms with Gasteiger partial charge in [0.05, 0.1) is 5.02 Å². The average Bonchev–Trinajstić information content (AvgIpc) is 2.82. The summed E-state index contributed by atoms with van der Waals surface area (Å²) >= 11 is 5.62. The first kappa shape index (κ1) is 12.8. The maximum Gasteiger partial charge on any atom is 0.201 e. The summed E-state index contributed by atoms with van der Waals surface area (Å²) < 4.78 is 18.8. The van der Waals surface area contributed by atoms with Crippen LogP contribution in [0.15, 0.2) is 36.1 Å². The highest BCUT2D eigenvalue weighted by Gasteiger charge is 2.23. The smallest absolute Gasteiger partial charge is 0.201 e. The summed E-state index contributed by atoms with van der Waals surface area (Å²) in [6.07, 6.45) is 2.13. The first-order valence-corrected chi connectivity index (χ1v) is 6.29. The molecule has 2 N–H and O–H groups in total. The molecule has 0 fully saturated rings. The van der Waals surface area contributed by atoms with Crippen LogP contribution < -0.4 is 4.74 Å². The molecule has 2 aromatic rings. The number of hydrogen-bond acceptors (Lipinski definition) is 3. The lowest BCUT2D eigenvalue weighted by Gasteiger charge is -2.04. The van der Waals surface area contributed by atoms with E-state index in [1.54, 1.807) is 18.2 Å². The third-order valence-corrected chi connectivity index (χ3v) is 3.37. The van der Waals surface area contributed by atoms with Crippen LogP contribution in [-0.4, -0.2) is 10.2 Å². The second kappa shape index (κ2) is 4.72. The molecule has 0 atom stereocenters. The Kier molecular flexibility index (Phi) is 3.03. The predicted molar refractivity (Wildman–Crippen MR) is 73.5 cm³/mol. The van der Waals surface area contributed by atoms with Gasteiger partial charge in [-0.3, -0.25) is 0 Å². The van der Waals surface area contributed by atoms with E-state index < -0.39 is 5.82 Å². The summed E-state index contributed by atoms with van der Waals surface area (Å²) in [7, 11) is 0. The molecule has 0 unspecified atom stereocenters. The van der Waals surface area contributed by atoms with Crippen LogP contribution >= 0.6 is 11.6 Å². The summed E-state index contributed by atoms with van der Waals surface area (Å²) in [5, 5.41) is 19.2. The van der Waals surface area contributed by atoms with Crippen LogP contribution in [0.3, 0.4) is 0 Å². The molecular weight excluding hydrogens is 283 g/mol. The highest BCUT2D eigenvalue weighted by molar-refractivity contribution is 6.30. The van der Waals surface area contributed by atoms with Gasteiger partial charge < -0.3 is 14.9 Å². The molecule has 5 heteroatoms. The SMILES string of the molecule is Oc1ccc2c(c1O)OC(=Cc1ccc(Cl)c(F)c1)C2. The normalized spacial score (nSPS) is 15.2. The Labute approximate surface area is 119 Å². The Hall–Kier alpha value is -2.20. The number of allylic oxidation sites excluding steroid dienone is 1. The Morgan fingerprint density at radius 1 is 1.20 bits per heavy atom. The highest BCUT2D eigenvalue weighted by atomic mass is 35.5. The summed E-state index contributed by atoms with van der Waals surface area (Å²) in [6, 6.07) is 7.52. The fourth-order valence-corrected chi connectivity index (χ4v) is 2.20. The topological polar surface area (TPSA) is 49.7 Å². The van der Waals surface area contributed by atoms with E-state index >= 15 is 0 Å². The first-order valence-electron chi connectivity index (χ1n) is 5.92. The third kappa shape index (κ3) is 2.18. The predicted octanol–water partition coefficient (Wildman–Crippen LogP) is 3.87. The molecule has 0 aliphatic carbocycles. The summed E-state index contributed by atoms with van der Waals surface area (Å²) in [6.45, 7) is 0. The lowest BCUT2D eigenvalue weighted by atomic mass is 10.1. The molecule has 20 heavy (non-hydrogen) atoms. The van der Waals surface area contributed by atoms with Crippen LogP contribution in [0.5, 0.6) is 17.2 Å². The van der Waals surface area contributed by atoms with Gasteiger partial charge in [0.1, 0.15) is 11.6 Å². The number of rotatable bonds is 1. The summed E-state index contributed by atoms with van der Waals surface area (Å²) in [5.41, 5.74) is 1.37. The number of halogens is 2. The molecule has 0 bridgehead atoms. The monoisotopic (exact) mass is 292 g/mol. The quantitative estimate of drug-likeness (QED) is 0.785. The zero-order valence-electron chi connectivity index (χ0n) is 10.2. The molecule has 1 heterocycles. The van der Waals surface area contributed by atoms with Crippen LogP contribution in [-0.2, 0) is 6.42 Å². The maximum absolute atomic E-state index is 13.4. The molecule has 2 aromatic carbocycles. The molecule has 0 radical (unpaired) electrons. The zero-order chi connectivity index (χ0) is 14.3. The molecule has 3 nitrogen and oxygen atoms in total. The minimum Gasteiger partial charge on any atom is -0.504 e. The standard InChI is InChI=1S/C15H10ClFO3/c16-11-3-1-8(6-12(11)17)5-10-7-9-2-4-13(18)14(19)15(9)20-10/h1-6,18-19H,7H2. The van der Waals surface area contributed by atoms with Crippen LogP contribution in [0.2, 0.25) is 5.02 Å². The van der Waals surface area contributed by atoms with Gasteiger partial charge in [0.25, 0.3) is 0 Å². The second-order valence-corrected chi connectivity index (χ2v) is 4.89. The van der Waals surface area contributed by atoms with Crippen molar-refractivity contribution in [3.8, 4) is 17.2 Å². The number of benzene rings is 2. The lowest BCUT2D eigenvalue weighted by Crippen LogP contribution is -1.88. The van der Waals surface area contributed by atoms with E-state index in [0.717, 1.165) is 5.56 Å². The molecule has 0 aromatic heterocycles. The summed E-state index contributed by atoms with van der Waals surface area (Å²) in [5.74, 6) is -0.221. The minimum atomic E-state index is -0.503. The maximum atomic E-state index is 13.4. The number of hydrogen-bond donors (Lipinski definition) is 2. The van der Waals surface area contributed by atoms with Gasteiger partial charge in [0.2, 0.25) is 5.75 Å². The molecule has 0 amide bonds. The molecule has 0 saturated heterocycles. The molecule has 0 spiro atoms. The van der Waals surface area contributed by atoms with E-state index in [9.17, 15) is 14.6 Å². The molecule has 1 aliphatic heterocycles. The van der Waals surface area contributed by atoms with Gasteiger partial charge in [-0.25, -0.2) is 4.39 Å². The molecule has 0 saturated carbocycles. The number of phenolic OH excluding ortho intramolecular Hbond substituents is 2. The van der Waals surface area contributed by atoms with Gasteiger partial charge in [-0.1, -0.05) is 23.7 Å². The van der Waals surface area contributed by atoms with Crippen molar-refractivity contribution in [3.05, 3.63) is 58.1 Å². The average molecular weight is 293 g/mol. The number of ether oxygens (including phenoxy) is 1. The number of fused-ring (bicyclic) bond motifs is 1. The van der Waals surface area contributed by atoms with Crippen molar-refractivity contribution in [1.82, 2.24) is 0 Å². The Bertz CT molecular complexity index is 725. The van der Waals surface area contributed by atoms with Gasteiger partial charge in [0.15, 0.2) is 11.5 Å². The molecule has 1 aliphatic rings. The highest BCUT2D eigenvalue weighted by Crippen LogP contribution is 2.44. The van der Waals surface area contributed by atoms with Crippen LogP contribution in [0.4, 0.5) is 4.39 Å². The van der Waals surface area contributed by atoms with Gasteiger partial charge in [-0.2, -0.15) is 0 Å². The fraction of sp³-hybridized carbons (Fsp3) is 0.0667. The van der Waals surface area contributed by atoms with E-state index in [1.807, 2.05) is 0 Å². The van der Waals surface area contributed by atoms with Gasteiger partial charge >= 0.3 is 0 Å². The van der Waals surface area contributed by atoms with E-state index in [4.69, 9.17) is 16.3 Å². The van der Waals surface area contributed by atoms with Crippen molar-refractivity contribution in [3.63, 3.8) is 0 Å². The van der Waals surface area contributed by atoms with E-state index in [0.29, 0.717) is 17.7 Å². The Balaban J connectivity index is 1.93. The number of aromatic hydroxyl groups is 2. The van der Waals surface area contributed by atoms with Crippen molar-refractivity contribution >= 4 is 17.7 Å². The van der Waals surface area contributed by atoms with Crippen LogP contribution in [0.25, 0.3) is 6.08 Å². The van der Waals surface area contributed by atoms with Gasteiger partial charge in [-0.15, -0.1) is 0 Å². The zero-order valence-corrected chi connectivity index (χ0v) is 11.0. The summed E-state index contributed by atoms with van der Waals surface area (Å²) in [4.78, 5) is 0. The van der Waals surface area contributed by atoms with Crippen molar-refractivity contribution < 1.29 is 19.3 Å². The van der Waals surface area contributed by atoms with Gasteiger partial charge in [-0.05, 0) is 29.8 Å². The van der Waals surface area contributed by atoms with Gasteiger partial charge in [0, 0.05) is 12.0 Å². The third-order valence-electron chi connectivity index (χ3n) is 3.06. The van der Waals surface area contributed by atoms with Crippen molar-refractivity contribution in [2.75, 3.05) is 0 Å². The van der Waals surface area contributed by atoms with E-state index in [2.05, 4.69) is 0 Å². The van der Waals surface area contributed by atoms with E-state index in [-0.39, 0.29) is 22.3 Å². The van der Waals surface area contributed by atoms with Crippen molar-refractivity contribution in [2.45, 2.75) is 6.42 Å². The molecule has 3 rings (SSSR count). The minimum absolute atomic E-state index is 0.0605. The van der Waals surface area contributed by atoms with Crippen molar-refractivity contribution in [2.24, 2.45) is 0 Å². The largest absolute Gasteiger partial charge is 0.504 e. The number of phenols is 2. The van der Waals surface area contributed by atoms with Crippen molar-refractivity contribution in [1.29, 1.82) is 0 Å². The lowest BCUT2D eigenvalue weighted by molar-refractivity contribution is 0.368. The van der Waals surface area contributed by atoms with Crippen LogP contribution in [0.1, 0.15) is 11.1 Å². The van der Waals surface area contributed by atoms with E-state index in [1.165, 1.54) is 18.2 Å². The first-order chi connectivity index (χ1) is 9.54.